The summed E-state index contributed by atoms with van der Waals surface area (Å²) in [5.41, 5.74) is 1.41. The van der Waals surface area contributed by atoms with Crippen molar-refractivity contribution in [3.8, 4) is 0 Å². The lowest BCUT2D eigenvalue weighted by Crippen LogP contribution is -2.23. The third kappa shape index (κ3) is 4.72. The number of halogens is 2. The van der Waals surface area contributed by atoms with Crippen molar-refractivity contribution in [1.29, 1.82) is 0 Å². The number of carbonyl (C=O) groups excluding carboxylic acids is 2. The molecule has 0 unspecified atom stereocenters. The standard InChI is InChI=1S/C20H15F2N3O2/c21-16-5-6-18(17(22)11-16)25-20(27)15-3-1-14(2-4-15)19(26)24-12-13-7-9-23-10-8-13/h1-11H,12H2,(H,24,26)(H,25,27). The molecule has 0 aliphatic carbocycles. The number of aromatic nitrogens is 1. The van der Waals surface area contributed by atoms with Crippen LogP contribution in [0.5, 0.6) is 0 Å². The van der Waals surface area contributed by atoms with Gasteiger partial charge in [-0.1, -0.05) is 0 Å². The molecule has 2 amide bonds. The molecule has 136 valence electrons. The predicted molar refractivity (Wildman–Crippen MR) is 96.2 cm³/mol. The van der Waals surface area contributed by atoms with Crippen LogP contribution in [-0.2, 0) is 6.54 Å². The summed E-state index contributed by atoms with van der Waals surface area (Å²) < 4.78 is 26.5. The summed E-state index contributed by atoms with van der Waals surface area (Å²) in [6.45, 7) is 0.355. The summed E-state index contributed by atoms with van der Waals surface area (Å²) in [7, 11) is 0. The predicted octanol–water partition coefficient (Wildman–Crippen LogP) is 3.54. The van der Waals surface area contributed by atoms with E-state index in [1.807, 2.05) is 0 Å². The molecule has 0 spiro atoms. The van der Waals surface area contributed by atoms with Gasteiger partial charge in [0, 0.05) is 36.1 Å². The SMILES string of the molecule is O=C(NCc1ccncc1)c1ccc(C(=O)Nc2ccc(F)cc2F)cc1. The molecule has 2 aromatic carbocycles. The molecule has 2 N–H and O–H groups in total. The second-order valence-electron chi connectivity index (χ2n) is 5.69. The number of amides is 2. The number of hydrogen-bond acceptors (Lipinski definition) is 3. The molecular formula is C20H15F2N3O2. The molecule has 3 aromatic rings. The van der Waals surface area contributed by atoms with E-state index in [2.05, 4.69) is 15.6 Å². The lowest BCUT2D eigenvalue weighted by Gasteiger charge is -2.08. The Kier molecular flexibility index (Phi) is 5.51. The van der Waals surface area contributed by atoms with Gasteiger partial charge >= 0.3 is 0 Å². The second kappa shape index (κ2) is 8.18. The molecule has 1 aromatic heterocycles. The van der Waals surface area contributed by atoms with Crippen LogP contribution in [0, 0.1) is 11.6 Å². The van der Waals surface area contributed by atoms with Crippen molar-refractivity contribution in [2.45, 2.75) is 6.54 Å². The lowest BCUT2D eigenvalue weighted by atomic mass is 10.1. The van der Waals surface area contributed by atoms with E-state index < -0.39 is 17.5 Å². The molecule has 0 saturated heterocycles. The Morgan fingerprint density at radius 1 is 0.852 bits per heavy atom. The van der Waals surface area contributed by atoms with Gasteiger partial charge in [0.05, 0.1) is 5.69 Å². The Morgan fingerprint density at radius 2 is 1.48 bits per heavy atom. The molecule has 0 atom stereocenters. The first kappa shape index (κ1) is 18.2. The van der Waals surface area contributed by atoms with Crippen LogP contribution in [0.3, 0.4) is 0 Å². The second-order valence-corrected chi connectivity index (χ2v) is 5.69. The molecule has 0 bridgehead atoms. The Labute approximate surface area is 154 Å². The molecule has 7 heteroatoms. The van der Waals surface area contributed by atoms with Crippen LogP contribution < -0.4 is 10.6 Å². The van der Waals surface area contributed by atoms with Crippen molar-refractivity contribution < 1.29 is 18.4 Å². The summed E-state index contributed by atoms with van der Waals surface area (Å²) in [6, 6.07) is 12.4. The highest BCUT2D eigenvalue weighted by atomic mass is 19.1. The number of nitrogens with one attached hydrogen (secondary N) is 2. The largest absolute Gasteiger partial charge is 0.348 e. The zero-order valence-electron chi connectivity index (χ0n) is 14.1. The minimum absolute atomic E-state index is 0.124. The molecule has 0 fully saturated rings. The van der Waals surface area contributed by atoms with Crippen LogP contribution in [-0.4, -0.2) is 16.8 Å². The Bertz CT molecular complexity index is 961. The van der Waals surface area contributed by atoms with Gasteiger partial charge < -0.3 is 10.6 Å². The van der Waals surface area contributed by atoms with Crippen molar-refractivity contribution >= 4 is 17.5 Å². The highest BCUT2D eigenvalue weighted by molar-refractivity contribution is 6.05. The van der Waals surface area contributed by atoms with Crippen LogP contribution in [0.4, 0.5) is 14.5 Å². The van der Waals surface area contributed by atoms with Gasteiger partial charge in [-0.25, -0.2) is 8.78 Å². The Balaban J connectivity index is 1.62. The highest BCUT2D eigenvalue weighted by Crippen LogP contribution is 2.16. The van der Waals surface area contributed by atoms with Crippen LogP contribution in [0.15, 0.2) is 67.0 Å². The fraction of sp³-hybridized carbons (Fsp3) is 0.0500. The van der Waals surface area contributed by atoms with Gasteiger partial charge in [0.2, 0.25) is 0 Å². The quantitative estimate of drug-likeness (QED) is 0.725. The number of benzene rings is 2. The molecule has 0 saturated carbocycles. The minimum atomic E-state index is -0.865. The molecule has 27 heavy (non-hydrogen) atoms. The summed E-state index contributed by atoms with van der Waals surface area (Å²) in [6.07, 6.45) is 3.28. The van der Waals surface area contributed by atoms with E-state index in [0.29, 0.717) is 18.2 Å². The van der Waals surface area contributed by atoms with Crippen molar-refractivity contribution in [2.75, 3.05) is 5.32 Å². The maximum atomic E-state index is 13.6. The van der Waals surface area contributed by atoms with Gasteiger partial charge in [-0.15, -0.1) is 0 Å². The third-order valence-electron chi connectivity index (χ3n) is 3.79. The number of rotatable bonds is 5. The molecule has 0 aliphatic rings. The zero-order valence-corrected chi connectivity index (χ0v) is 14.1. The first-order chi connectivity index (χ1) is 13.0. The van der Waals surface area contributed by atoms with Crippen LogP contribution >= 0.6 is 0 Å². The summed E-state index contributed by atoms with van der Waals surface area (Å²) in [5, 5.41) is 5.13. The van der Waals surface area contributed by atoms with Crippen LogP contribution in [0.25, 0.3) is 0 Å². The van der Waals surface area contributed by atoms with Crippen LogP contribution in [0.2, 0.25) is 0 Å². The van der Waals surface area contributed by atoms with E-state index in [1.165, 1.54) is 24.3 Å². The molecule has 0 radical (unpaired) electrons. The van der Waals surface area contributed by atoms with Crippen molar-refractivity contribution in [1.82, 2.24) is 10.3 Å². The van der Waals surface area contributed by atoms with Gasteiger partial charge in [0.1, 0.15) is 11.6 Å². The number of nitrogens with zero attached hydrogens (tertiary/aromatic N) is 1. The van der Waals surface area contributed by atoms with Crippen LogP contribution in [0.1, 0.15) is 26.3 Å². The molecule has 5 nitrogen and oxygen atoms in total. The first-order valence-electron chi connectivity index (χ1n) is 8.06. The molecule has 1 heterocycles. The topological polar surface area (TPSA) is 71.1 Å². The van der Waals surface area contributed by atoms with E-state index in [0.717, 1.165) is 17.7 Å². The van der Waals surface area contributed by atoms with E-state index in [4.69, 9.17) is 0 Å². The summed E-state index contributed by atoms with van der Waals surface area (Å²) >= 11 is 0. The lowest BCUT2D eigenvalue weighted by molar-refractivity contribution is 0.0949. The summed E-state index contributed by atoms with van der Waals surface area (Å²) in [5.74, 6) is -2.45. The van der Waals surface area contributed by atoms with Gasteiger partial charge in [-0.2, -0.15) is 0 Å². The van der Waals surface area contributed by atoms with Crippen molar-refractivity contribution in [3.05, 3.63) is 95.3 Å². The number of pyridine rings is 1. The average molecular weight is 367 g/mol. The van der Waals surface area contributed by atoms with Gasteiger partial charge in [0.15, 0.2) is 0 Å². The van der Waals surface area contributed by atoms with Gasteiger partial charge in [0.25, 0.3) is 11.8 Å². The van der Waals surface area contributed by atoms with Gasteiger partial charge in [-0.05, 0) is 54.1 Å². The van der Waals surface area contributed by atoms with Crippen molar-refractivity contribution in [3.63, 3.8) is 0 Å². The fourth-order valence-corrected chi connectivity index (χ4v) is 2.34. The number of anilines is 1. The molecule has 3 rings (SSSR count). The smallest absolute Gasteiger partial charge is 0.255 e. The normalized spacial score (nSPS) is 10.3. The van der Waals surface area contributed by atoms with E-state index in [9.17, 15) is 18.4 Å². The Hall–Kier alpha value is -3.61. The molecular weight excluding hydrogens is 352 g/mol. The maximum Gasteiger partial charge on any atom is 0.255 e. The number of carbonyl (C=O) groups is 2. The van der Waals surface area contributed by atoms with Gasteiger partial charge in [-0.3, -0.25) is 14.6 Å². The third-order valence-corrected chi connectivity index (χ3v) is 3.79. The maximum absolute atomic E-state index is 13.6. The monoisotopic (exact) mass is 367 g/mol. The molecule has 0 aliphatic heterocycles. The summed E-state index contributed by atoms with van der Waals surface area (Å²) in [4.78, 5) is 28.2. The fourth-order valence-electron chi connectivity index (χ4n) is 2.34. The number of hydrogen-bond donors (Lipinski definition) is 2. The average Bonchev–Trinajstić information content (AvgIpc) is 2.69. The van der Waals surface area contributed by atoms with E-state index in [-0.39, 0.29) is 17.2 Å². The van der Waals surface area contributed by atoms with E-state index in [1.54, 1.807) is 24.5 Å². The van der Waals surface area contributed by atoms with E-state index >= 15 is 0 Å². The minimum Gasteiger partial charge on any atom is -0.348 e. The first-order valence-corrected chi connectivity index (χ1v) is 8.06. The highest BCUT2D eigenvalue weighted by Gasteiger charge is 2.11. The zero-order chi connectivity index (χ0) is 19.2. The Morgan fingerprint density at radius 3 is 2.11 bits per heavy atom. The van der Waals surface area contributed by atoms with Crippen molar-refractivity contribution in [2.24, 2.45) is 0 Å².